The lowest BCUT2D eigenvalue weighted by atomic mass is 9.85. The number of nitrogens with zero attached hydrogens (tertiary/aromatic N) is 6. The van der Waals surface area contributed by atoms with Gasteiger partial charge in [-0.25, -0.2) is 9.97 Å². The monoisotopic (exact) mass is 665 g/mol. The van der Waals surface area contributed by atoms with Crippen LogP contribution < -0.4 is 5.32 Å². The smallest absolute Gasteiger partial charge is 0.367 e. The Morgan fingerprint density at radius 3 is 2.51 bits per heavy atom. The Balaban J connectivity index is 1.11. The molecular weight excluding hydrogens is 623 g/mol. The standard InChI is InChI=1S/C35H42F3N7OS/c1-4-32-41-33(30-16-28(17-35(36,37)38)47-34(30)42-32)40-26-9-13-43(14-10-26)20-25-5-6-31-29(23(25)3)15-27(18-39)45(31)19-22(2)24-7-11-44(21-46)12-8-24/h5-6,15-16,21-22,24,26H,4,7-14,17,19-20H2,1-3H3,(H,40,41,42)/t22-/m0/s1. The molecule has 6 rings (SSSR count). The summed E-state index contributed by atoms with van der Waals surface area (Å²) in [6.45, 7) is 11.3. The van der Waals surface area contributed by atoms with Crippen molar-refractivity contribution in [1.29, 1.82) is 5.26 Å². The lowest BCUT2D eigenvalue weighted by Gasteiger charge is -2.33. The number of amides is 1. The molecule has 0 bridgehead atoms. The first-order valence-corrected chi connectivity index (χ1v) is 17.4. The van der Waals surface area contributed by atoms with Crippen LogP contribution in [0.3, 0.4) is 0 Å². The number of hydrogen-bond acceptors (Lipinski definition) is 7. The number of piperidine rings is 2. The number of aryl methyl sites for hydroxylation is 2. The Labute approximate surface area is 277 Å². The second-order valence-electron chi connectivity index (χ2n) is 13.3. The van der Waals surface area contributed by atoms with E-state index in [0.717, 1.165) is 93.6 Å². The molecule has 0 spiro atoms. The van der Waals surface area contributed by atoms with Gasteiger partial charge in [-0.15, -0.1) is 11.3 Å². The van der Waals surface area contributed by atoms with Crippen molar-refractivity contribution in [1.82, 2.24) is 24.3 Å². The molecule has 5 heterocycles. The van der Waals surface area contributed by atoms with Crippen molar-refractivity contribution in [3.05, 3.63) is 51.8 Å². The van der Waals surface area contributed by atoms with Crippen molar-refractivity contribution in [3.8, 4) is 6.07 Å². The van der Waals surface area contributed by atoms with Crippen molar-refractivity contribution >= 4 is 44.7 Å². The summed E-state index contributed by atoms with van der Waals surface area (Å²) < 4.78 is 41.4. The summed E-state index contributed by atoms with van der Waals surface area (Å²) in [6.07, 6.45) is 0.121. The number of rotatable bonds is 10. The summed E-state index contributed by atoms with van der Waals surface area (Å²) in [6, 6.07) is 10.6. The zero-order valence-electron chi connectivity index (χ0n) is 27.2. The normalized spacial score (nSPS) is 17.8. The average Bonchev–Trinajstić information content (AvgIpc) is 3.63. The van der Waals surface area contributed by atoms with E-state index in [9.17, 15) is 23.2 Å². The SMILES string of the molecule is CCc1nc(NC2CCN(Cc3ccc4c(cc(C#N)n4C[C@H](C)C4CCN(C=O)CC4)c3C)CC2)c2cc(CC(F)(F)F)sc2n1. The lowest BCUT2D eigenvalue weighted by Crippen LogP contribution is -2.39. The number of thiophene rings is 1. The van der Waals surface area contributed by atoms with Crippen LogP contribution in [0.1, 0.15) is 67.1 Å². The maximum atomic E-state index is 13.1. The van der Waals surface area contributed by atoms with Gasteiger partial charge in [0.1, 0.15) is 28.2 Å². The van der Waals surface area contributed by atoms with Crippen LogP contribution >= 0.6 is 11.3 Å². The fraction of sp³-hybridized carbons (Fsp3) is 0.543. The molecule has 0 unspecified atom stereocenters. The number of fused-ring (bicyclic) bond motifs is 2. The third-order valence-electron chi connectivity index (χ3n) is 10.1. The Morgan fingerprint density at radius 2 is 1.85 bits per heavy atom. The summed E-state index contributed by atoms with van der Waals surface area (Å²) in [5, 5.41) is 15.4. The summed E-state index contributed by atoms with van der Waals surface area (Å²) in [4.78, 5) is 25.4. The minimum absolute atomic E-state index is 0.170. The number of halogens is 3. The molecule has 1 amide bonds. The van der Waals surface area contributed by atoms with Gasteiger partial charge in [-0.2, -0.15) is 18.4 Å². The highest BCUT2D eigenvalue weighted by Crippen LogP contribution is 2.35. The van der Waals surface area contributed by atoms with Gasteiger partial charge in [0, 0.05) is 67.5 Å². The van der Waals surface area contributed by atoms with Gasteiger partial charge in [-0.05, 0) is 73.8 Å². The summed E-state index contributed by atoms with van der Waals surface area (Å²) in [5.74, 6) is 2.19. The number of nitriles is 1. The number of likely N-dealkylation sites (tertiary alicyclic amines) is 2. The van der Waals surface area contributed by atoms with E-state index in [1.807, 2.05) is 17.9 Å². The highest BCUT2D eigenvalue weighted by atomic mass is 32.1. The van der Waals surface area contributed by atoms with Crippen LogP contribution in [-0.4, -0.2) is 69.1 Å². The number of carbonyl (C=O) groups excluding carboxylic acids is 1. The van der Waals surface area contributed by atoms with Crippen molar-refractivity contribution in [2.45, 2.75) is 84.6 Å². The molecule has 47 heavy (non-hydrogen) atoms. The van der Waals surface area contributed by atoms with Gasteiger partial charge in [0.2, 0.25) is 6.41 Å². The molecule has 8 nitrogen and oxygen atoms in total. The van der Waals surface area contributed by atoms with E-state index in [2.05, 4.69) is 56.8 Å². The quantitative estimate of drug-likeness (QED) is 0.182. The van der Waals surface area contributed by atoms with E-state index in [0.29, 0.717) is 45.8 Å². The van der Waals surface area contributed by atoms with Crippen molar-refractivity contribution in [2.24, 2.45) is 11.8 Å². The van der Waals surface area contributed by atoms with Gasteiger partial charge < -0.3 is 14.8 Å². The second-order valence-corrected chi connectivity index (χ2v) is 14.4. The fourth-order valence-corrected chi connectivity index (χ4v) is 8.33. The minimum atomic E-state index is -4.26. The molecule has 2 aliphatic rings. The van der Waals surface area contributed by atoms with E-state index >= 15 is 0 Å². The maximum Gasteiger partial charge on any atom is 0.393 e. The summed E-state index contributed by atoms with van der Waals surface area (Å²) in [7, 11) is 0. The number of aromatic nitrogens is 3. The van der Waals surface area contributed by atoms with E-state index < -0.39 is 12.6 Å². The Bertz CT molecular complexity index is 1780. The lowest BCUT2D eigenvalue weighted by molar-refractivity contribution is -0.126. The first-order chi connectivity index (χ1) is 22.5. The van der Waals surface area contributed by atoms with Gasteiger partial charge in [0.05, 0.1) is 11.8 Å². The molecule has 250 valence electrons. The van der Waals surface area contributed by atoms with Crippen LogP contribution in [0.2, 0.25) is 0 Å². The molecule has 1 atom stereocenters. The van der Waals surface area contributed by atoms with Crippen LogP contribution in [0.25, 0.3) is 21.1 Å². The van der Waals surface area contributed by atoms with Crippen LogP contribution in [-0.2, 0) is 30.7 Å². The van der Waals surface area contributed by atoms with Gasteiger partial charge in [0.25, 0.3) is 0 Å². The summed E-state index contributed by atoms with van der Waals surface area (Å²) in [5.41, 5.74) is 4.23. The molecule has 2 aliphatic heterocycles. The predicted octanol–water partition coefficient (Wildman–Crippen LogP) is 7.07. The molecule has 0 saturated carbocycles. The second kappa shape index (κ2) is 13.8. The number of carbonyl (C=O) groups is 1. The molecule has 2 saturated heterocycles. The number of nitrogens with one attached hydrogen (secondary N) is 1. The van der Waals surface area contributed by atoms with E-state index in [-0.39, 0.29) is 10.9 Å². The largest absolute Gasteiger partial charge is 0.393 e. The Hall–Kier alpha value is -3.69. The van der Waals surface area contributed by atoms with E-state index in [4.69, 9.17) is 0 Å². The fourth-order valence-electron chi connectivity index (χ4n) is 7.25. The van der Waals surface area contributed by atoms with Crippen LogP contribution in [0.4, 0.5) is 19.0 Å². The summed E-state index contributed by atoms with van der Waals surface area (Å²) >= 11 is 1.10. The van der Waals surface area contributed by atoms with Gasteiger partial charge in [-0.3, -0.25) is 9.69 Å². The number of alkyl halides is 3. The molecule has 0 aliphatic carbocycles. The Morgan fingerprint density at radius 1 is 1.11 bits per heavy atom. The molecule has 2 fully saturated rings. The highest BCUT2D eigenvalue weighted by Gasteiger charge is 2.30. The molecule has 3 aromatic heterocycles. The predicted molar refractivity (Wildman–Crippen MR) is 179 cm³/mol. The van der Waals surface area contributed by atoms with E-state index in [1.165, 1.54) is 11.1 Å². The number of hydrogen-bond donors (Lipinski definition) is 1. The van der Waals surface area contributed by atoms with Gasteiger partial charge in [-0.1, -0.05) is 19.9 Å². The molecule has 1 aromatic carbocycles. The molecule has 0 radical (unpaired) electrons. The number of anilines is 1. The van der Waals surface area contributed by atoms with Crippen LogP contribution in [0.5, 0.6) is 0 Å². The van der Waals surface area contributed by atoms with Crippen molar-refractivity contribution < 1.29 is 18.0 Å². The first-order valence-electron chi connectivity index (χ1n) is 16.6. The molecular formula is C35H42F3N7OS. The van der Waals surface area contributed by atoms with Crippen LogP contribution in [0.15, 0.2) is 24.3 Å². The zero-order chi connectivity index (χ0) is 33.3. The highest BCUT2D eigenvalue weighted by molar-refractivity contribution is 7.18. The molecule has 4 aromatic rings. The minimum Gasteiger partial charge on any atom is -0.367 e. The van der Waals surface area contributed by atoms with Gasteiger partial charge >= 0.3 is 6.18 Å². The van der Waals surface area contributed by atoms with Crippen molar-refractivity contribution in [2.75, 3.05) is 31.5 Å². The molecule has 12 heteroatoms. The zero-order valence-corrected chi connectivity index (χ0v) is 28.1. The number of benzene rings is 1. The van der Waals surface area contributed by atoms with E-state index in [1.54, 1.807) is 6.07 Å². The molecule has 1 N–H and O–H groups in total. The average molecular weight is 666 g/mol. The van der Waals surface area contributed by atoms with Gasteiger partial charge in [0.15, 0.2) is 0 Å². The van der Waals surface area contributed by atoms with Crippen LogP contribution in [0, 0.1) is 30.1 Å². The third kappa shape index (κ3) is 7.41. The Kier molecular flexibility index (Phi) is 9.76. The first kappa shape index (κ1) is 33.2. The van der Waals surface area contributed by atoms with Crippen molar-refractivity contribution in [3.63, 3.8) is 0 Å². The topological polar surface area (TPSA) is 90.1 Å². The third-order valence-corrected chi connectivity index (χ3v) is 11.1. The maximum absolute atomic E-state index is 13.1.